The number of nitrogens with zero attached hydrogens (tertiary/aromatic N) is 2. The smallest absolute Gasteiger partial charge is 0.214 e. The van der Waals surface area contributed by atoms with E-state index in [-0.39, 0.29) is 12.3 Å². The van der Waals surface area contributed by atoms with Gasteiger partial charge in [-0.25, -0.2) is 5.01 Å². The molecule has 6 heteroatoms. The van der Waals surface area contributed by atoms with Gasteiger partial charge in [-0.05, 0) is 60.2 Å². The summed E-state index contributed by atoms with van der Waals surface area (Å²) in [5.74, 6) is 3.27. The Morgan fingerprint density at radius 2 is 1.55 bits per heavy atom. The second-order valence-electron chi connectivity index (χ2n) is 7.53. The molecule has 2 heterocycles. The standard InChI is InChI=1S/C25H24N2O4/c1-28-18-9-7-16(8-10-18)22-15-23-21-14-20(30-3)11-12-24(21)31-25(27(23)26-22)17-5-4-6-19(13-17)29-2/h4-14,23,25H,15H2,1-3H3/t23-,25+/m1/s1. The molecule has 5 rings (SSSR count). The maximum Gasteiger partial charge on any atom is 0.214 e. The van der Waals surface area contributed by atoms with Crippen LogP contribution in [0, 0.1) is 0 Å². The number of rotatable bonds is 5. The molecule has 0 radical (unpaired) electrons. The zero-order valence-corrected chi connectivity index (χ0v) is 17.7. The van der Waals surface area contributed by atoms with Crippen molar-refractivity contribution in [2.45, 2.75) is 18.7 Å². The highest BCUT2D eigenvalue weighted by Gasteiger charge is 2.41. The molecule has 6 nitrogen and oxygen atoms in total. The average molecular weight is 416 g/mol. The molecule has 0 amide bonds. The third-order valence-corrected chi connectivity index (χ3v) is 5.80. The predicted octanol–water partition coefficient (Wildman–Crippen LogP) is 4.95. The molecule has 158 valence electrons. The van der Waals surface area contributed by atoms with Gasteiger partial charge >= 0.3 is 0 Å². The van der Waals surface area contributed by atoms with Gasteiger partial charge in [0.1, 0.15) is 23.0 Å². The highest BCUT2D eigenvalue weighted by Crippen LogP contribution is 2.48. The first-order valence-electron chi connectivity index (χ1n) is 10.2. The SMILES string of the molecule is COc1ccc(C2=NN3[C@H](C2)c2cc(OC)ccc2O[C@H]3c2cccc(OC)c2)cc1. The van der Waals surface area contributed by atoms with Crippen molar-refractivity contribution in [2.75, 3.05) is 21.3 Å². The summed E-state index contributed by atoms with van der Waals surface area (Å²) >= 11 is 0. The van der Waals surface area contributed by atoms with E-state index in [9.17, 15) is 0 Å². The van der Waals surface area contributed by atoms with E-state index in [0.29, 0.717) is 0 Å². The normalized spacial score (nSPS) is 19.1. The van der Waals surface area contributed by atoms with Gasteiger partial charge in [0, 0.05) is 17.5 Å². The van der Waals surface area contributed by atoms with Gasteiger partial charge in [0.25, 0.3) is 0 Å². The number of fused-ring (bicyclic) bond motifs is 3. The summed E-state index contributed by atoms with van der Waals surface area (Å²) in [5.41, 5.74) is 4.15. The minimum absolute atomic E-state index is 0.0483. The zero-order valence-electron chi connectivity index (χ0n) is 17.7. The van der Waals surface area contributed by atoms with E-state index >= 15 is 0 Å². The summed E-state index contributed by atoms with van der Waals surface area (Å²) in [6.45, 7) is 0. The lowest BCUT2D eigenvalue weighted by molar-refractivity contribution is -0.0192. The van der Waals surface area contributed by atoms with E-state index in [0.717, 1.165) is 51.8 Å². The minimum atomic E-state index is -0.350. The van der Waals surface area contributed by atoms with E-state index in [1.165, 1.54) is 0 Å². The van der Waals surface area contributed by atoms with E-state index in [4.69, 9.17) is 24.0 Å². The van der Waals surface area contributed by atoms with Crippen LogP contribution in [0.15, 0.2) is 71.8 Å². The number of hydrogen-bond donors (Lipinski definition) is 0. The molecule has 0 fully saturated rings. The molecule has 2 atom stereocenters. The minimum Gasteiger partial charge on any atom is -0.497 e. The lowest BCUT2D eigenvalue weighted by Gasteiger charge is -2.38. The summed E-state index contributed by atoms with van der Waals surface area (Å²) in [7, 11) is 5.01. The Balaban J connectivity index is 1.58. The predicted molar refractivity (Wildman–Crippen MR) is 118 cm³/mol. The van der Waals surface area contributed by atoms with Crippen LogP contribution in [0.4, 0.5) is 0 Å². The van der Waals surface area contributed by atoms with Crippen molar-refractivity contribution in [1.82, 2.24) is 5.01 Å². The highest BCUT2D eigenvalue weighted by molar-refractivity contribution is 6.02. The van der Waals surface area contributed by atoms with Crippen LogP contribution in [0.25, 0.3) is 0 Å². The molecular formula is C25H24N2O4. The lowest BCUT2D eigenvalue weighted by Crippen LogP contribution is -2.33. The van der Waals surface area contributed by atoms with Gasteiger partial charge in [-0.15, -0.1) is 0 Å². The fraction of sp³-hybridized carbons (Fsp3) is 0.240. The summed E-state index contributed by atoms with van der Waals surface area (Å²) in [5, 5.41) is 7.06. The quantitative estimate of drug-likeness (QED) is 0.589. The fourth-order valence-corrected chi connectivity index (χ4v) is 4.17. The van der Waals surface area contributed by atoms with Gasteiger partial charge in [-0.1, -0.05) is 12.1 Å². The number of hydrazone groups is 1. The van der Waals surface area contributed by atoms with Crippen molar-refractivity contribution in [1.29, 1.82) is 0 Å². The van der Waals surface area contributed by atoms with Crippen LogP contribution >= 0.6 is 0 Å². The Hall–Kier alpha value is -3.67. The zero-order chi connectivity index (χ0) is 21.4. The maximum atomic E-state index is 6.44. The van der Waals surface area contributed by atoms with Crippen LogP contribution in [0.2, 0.25) is 0 Å². The molecule has 0 aromatic heterocycles. The Morgan fingerprint density at radius 3 is 2.29 bits per heavy atom. The molecule has 2 aliphatic rings. The number of methoxy groups -OCH3 is 3. The Labute approximate surface area is 181 Å². The molecule has 0 spiro atoms. The first kappa shape index (κ1) is 19.3. The molecule has 0 aliphatic carbocycles. The summed E-state index contributed by atoms with van der Waals surface area (Å²) < 4.78 is 22.6. The summed E-state index contributed by atoms with van der Waals surface area (Å²) in [6, 6.07) is 21.9. The molecule has 0 saturated heterocycles. The number of ether oxygens (including phenoxy) is 4. The lowest BCUT2D eigenvalue weighted by atomic mass is 9.95. The third-order valence-electron chi connectivity index (χ3n) is 5.80. The van der Waals surface area contributed by atoms with Crippen LogP contribution in [0.1, 0.15) is 35.4 Å². The van der Waals surface area contributed by atoms with Crippen LogP contribution < -0.4 is 18.9 Å². The molecule has 0 N–H and O–H groups in total. The molecule has 2 aliphatic heterocycles. The molecular weight excluding hydrogens is 392 g/mol. The van der Waals surface area contributed by atoms with Crippen LogP contribution in [0.5, 0.6) is 23.0 Å². The molecule has 0 bridgehead atoms. The maximum absolute atomic E-state index is 6.44. The molecule has 0 unspecified atom stereocenters. The van der Waals surface area contributed by atoms with Crippen LogP contribution in [0.3, 0.4) is 0 Å². The second kappa shape index (κ2) is 7.87. The van der Waals surface area contributed by atoms with E-state index in [2.05, 4.69) is 5.01 Å². The van der Waals surface area contributed by atoms with Gasteiger partial charge in [-0.3, -0.25) is 0 Å². The molecule has 0 saturated carbocycles. The van der Waals surface area contributed by atoms with Crippen molar-refractivity contribution in [3.63, 3.8) is 0 Å². The first-order chi connectivity index (χ1) is 15.2. The van der Waals surface area contributed by atoms with Gasteiger partial charge in [-0.2, -0.15) is 5.10 Å². The highest BCUT2D eigenvalue weighted by atomic mass is 16.5. The van der Waals surface area contributed by atoms with E-state index in [1.54, 1.807) is 21.3 Å². The Morgan fingerprint density at radius 1 is 0.839 bits per heavy atom. The van der Waals surface area contributed by atoms with Crippen molar-refractivity contribution >= 4 is 5.71 Å². The van der Waals surface area contributed by atoms with Crippen LogP contribution in [-0.4, -0.2) is 32.0 Å². The second-order valence-corrected chi connectivity index (χ2v) is 7.53. The van der Waals surface area contributed by atoms with E-state index < -0.39 is 0 Å². The number of hydrogen-bond acceptors (Lipinski definition) is 6. The molecule has 3 aromatic rings. The summed E-state index contributed by atoms with van der Waals surface area (Å²) in [6.07, 6.45) is 0.424. The summed E-state index contributed by atoms with van der Waals surface area (Å²) in [4.78, 5) is 0. The monoisotopic (exact) mass is 416 g/mol. The van der Waals surface area contributed by atoms with Gasteiger partial charge in [0.05, 0.1) is 33.1 Å². The van der Waals surface area contributed by atoms with Crippen molar-refractivity contribution in [3.8, 4) is 23.0 Å². The third kappa shape index (κ3) is 3.44. The topological polar surface area (TPSA) is 52.5 Å². The van der Waals surface area contributed by atoms with Gasteiger partial charge in [0.15, 0.2) is 0 Å². The van der Waals surface area contributed by atoms with Crippen LogP contribution in [-0.2, 0) is 0 Å². The average Bonchev–Trinajstić information content (AvgIpc) is 3.29. The van der Waals surface area contributed by atoms with Gasteiger partial charge in [0.2, 0.25) is 6.23 Å². The van der Waals surface area contributed by atoms with Crippen molar-refractivity contribution < 1.29 is 18.9 Å². The first-order valence-corrected chi connectivity index (χ1v) is 10.2. The van der Waals surface area contributed by atoms with Crippen molar-refractivity contribution in [3.05, 3.63) is 83.4 Å². The largest absolute Gasteiger partial charge is 0.497 e. The fourth-order valence-electron chi connectivity index (χ4n) is 4.17. The Bertz CT molecular complexity index is 1130. The number of benzene rings is 3. The molecule has 3 aromatic carbocycles. The van der Waals surface area contributed by atoms with Gasteiger partial charge < -0.3 is 18.9 Å². The van der Waals surface area contributed by atoms with E-state index in [1.807, 2.05) is 66.7 Å². The van der Waals surface area contributed by atoms with Crippen molar-refractivity contribution in [2.24, 2.45) is 5.10 Å². The molecule has 31 heavy (non-hydrogen) atoms. The Kier molecular flexibility index (Phi) is 4.90.